The van der Waals surface area contributed by atoms with Crippen molar-refractivity contribution in [2.45, 2.75) is 6.61 Å². The van der Waals surface area contributed by atoms with Crippen LogP contribution in [0, 0.1) is 0 Å². The number of benzene rings is 4. The van der Waals surface area contributed by atoms with E-state index in [4.69, 9.17) is 16.3 Å². The van der Waals surface area contributed by atoms with Gasteiger partial charge in [0, 0.05) is 20.6 Å². The molecular formula is C25H18BrClN2O2. The second-order valence-corrected chi connectivity index (χ2v) is 8.02. The molecule has 0 aliphatic rings. The van der Waals surface area contributed by atoms with Crippen LogP contribution in [0.3, 0.4) is 0 Å². The normalized spacial score (nSPS) is 11.0. The van der Waals surface area contributed by atoms with Gasteiger partial charge in [0.1, 0.15) is 12.4 Å². The Labute approximate surface area is 193 Å². The monoisotopic (exact) mass is 492 g/mol. The molecule has 0 aliphatic heterocycles. The van der Waals surface area contributed by atoms with Gasteiger partial charge in [0.15, 0.2) is 0 Å². The van der Waals surface area contributed by atoms with Crippen molar-refractivity contribution in [2.24, 2.45) is 5.10 Å². The Morgan fingerprint density at radius 3 is 2.55 bits per heavy atom. The topological polar surface area (TPSA) is 50.7 Å². The average Bonchev–Trinajstić information content (AvgIpc) is 2.79. The highest BCUT2D eigenvalue weighted by Gasteiger charge is 2.10. The summed E-state index contributed by atoms with van der Waals surface area (Å²) in [6.07, 6.45) is 1.61. The molecule has 1 amide bonds. The molecule has 0 atom stereocenters. The molecule has 4 aromatic rings. The molecule has 0 aliphatic carbocycles. The maximum absolute atomic E-state index is 12.5. The molecule has 1 N–H and O–H groups in total. The zero-order valence-electron chi connectivity index (χ0n) is 16.4. The number of ether oxygens (including phenoxy) is 1. The van der Waals surface area contributed by atoms with Gasteiger partial charge in [-0.1, -0.05) is 72.3 Å². The van der Waals surface area contributed by atoms with Crippen LogP contribution in [0.25, 0.3) is 10.8 Å². The number of carbonyl (C=O) groups is 1. The SMILES string of the molecule is O=C(N/N=C\c1c(OCc2ccccc2Cl)ccc2ccccc12)c1ccccc1Br. The second-order valence-electron chi connectivity index (χ2n) is 6.76. The average molecular weight is 494 g/mol. The van der Waals surface area contributed by atoms with E-state index in [1.165, 1.54) is 0 Å². The van der Waals surface area contributed by atoms with Crippen LogP contribution in [-0.4, -0.2) is 12.1 Å². The molecule has 0 unspecified atom stereocenters. The minimum Gasteiger partial charge on any atom is -0.488 e. The van der Waals surface area contributed by atoms with Gasteiger partial charge < -0.3 is 4.74 Å². The Hall–Kier alpha value is -3.15. The number of hydrogen-bond acceptors (Lipinski definition) is 3. The molecule has 0 saturated carbocycles. The molecule has 6 heteroatoms. The fourth-order valence-corrected chi connectivity index (χ4v) is 3.82. The zero-order valence-corrected chi connectivity index (χ0v) is 18.7. The Balaban J connectivity index is 1.61. The summed E-state index contributed by atoms with van der Waals surface area (Å²) >= 11 is 9.64. The lowest BCUT2D eigenvalue weighted by atomic mass is 10.0. The van der Waals surface area contributed by atoms with Gasteiger partial charge in [0.2, 0.25) is 0 Å². The van der Waals surface area contributed by atoms with Gasteiger partial charge in [0.25, 0.3) is 5.91 Å². The fraction of sp³-hybridized carbons (Fsp3) is 0.0400. The third-order valence-corrected chi connectivity index (χ3v) is 5.81. The summed E-state index contributed by atoms with van der Waals surface area (Å²) in [7, 11) is 0. The molecule has 0 heterocycles. The molecule has 31 heavy (non-hydrogen) atoms. The lowest BCUT2D eigenvalue weighted by Crippen LogP contribution is -2.18. The minimum atomic E-state index is -0.303. The number of nitrogens with one attached hydrogen (secondary N) is 1. The third kappa shape index (κ3) is 4.95. The zero-order chi connectivity index (χ0) is 21.6. The first-order valence-corrected chi connectivity index (χ1v) is 10.8. The quantitative estimate of drug-likeness (QED) is 0.243. The van der Waals surface area contributed by atoms with Crippen molar-refractivity contribution >= 4 is 50.4 Å². The molecule has 4 rings (SSSR count). The van der Waals surface area contributed by atoms with E-state index in [0.717, 1.165) is 21.9 Å². The van der Waals surface area contributed by atoms with Gasteiger partial charge in [-0.25, -0.2) is 5.43 Å². The van der Waals surface area contributed by atoms with E-state index in [0.29, 0.717) is 27.4 Å². The van der Waals surface area contributed by atoms with Crippen molar-refractivity contribution in [1.29, 1.82) is 0 Å². The Bertz CT molecular complexity index is 1270. The summed E-state index contributed by atoms with van der Waals surface area (Å²) in [6.45, 7) is 0.322. The highest BCUT2D eigenvalue weighted by molar-refractivity contribution is 9.10. The molecule has 0 aromatic heterocycles. The maximum atomic E-state index is 12.5. The van der Waals surface area contributed by atoms with E-state index in [2.05, 4.69) is 26.5 Å². The number of nitrogens with zero attached hydrogens (tertiary/aromatic N) is 1. The summed E-state index contributed by atoms with van der Waals surface area (Å²) in [5, 5.41) is 6.86. The summed E-state index contributed by atoms with van der Waals surface area (Å²) in [6, 6.07) is 26.6. The Morgan fingerprint density at radius 1 is 0.968 bits per heavy atom. The molecule has 4 aromatic carbocycles. The molecule has 4 nitrogen and oxygen atoms in total. The van der Waals surface area contributed by atoms with Crippen molar-refractivity contribution in [3.63, 3.8) is 0 Å². The van der Waals surface area contributed by atoms with E-state index in [9.17, 15) is 4.79 Å². The maximum Gasteiger partial charge on any atom is 0.272 e. The van der Waals surface area contributed by atoms with Gasteiger partial charge in [-0.2, -0.15) is 5.10 Å². The summed E-state index contributed by atoms with van der Waals surface area (Å²) in [4.78, 5) is 12.5. The van der Waals surface area contributed by atoms with E-state index in [1.54, 1.807) is 18.3 Å². The van der Waals surface area contributed by atoms with Crippen LogP contribution in [0.2, 0.25) is 5.02 Å². The van der Waals surface area contributed by atoms with Gasteiger partial charge in [-0.3, -0.25) is 4.79 Å². The number of halogens is 2. The lowest BCUT2D eigenvalue weighted by Gasteiger charge is -2.12. The van der Waals surface area contributed by atoms with Gasteiger partial charge in [-0.05, 0) is 51.0 Å². The van der Waals surface area contributed by atoms with Crippen LogP contribution in [0.1, 0.15) is 21.5 Å². The summed E-state index contributed by atoms with van der Waals surface area (Å²) < 4.78 is 6.78. The molecule has 154 valence electrons. The van der Waals surface area contributed by atoms with Crippen molar-refractivity contribution in [3.05, 3.63) is 111 Å². The van der Waals surface area contributed by atoms with Gasteiger partial charge in [-0.15, -0.1) is 0 Å². The van der Waals surface area contributed by atoms with Gasteiger partial charge >= 0.3 is 0 Å². The predicted octanol–water partition coefficient (Wildman–Crippen LogP) is 6.60. The third-order valence-electron chi connectivity index (χ3n) is 4.75. The van der Waals surface area contributed by atoms with Crippen LogP contribution in [-0.2, 0) is 6.61 Å². The van der Waals surface area contributed by atoms with E-state index >= 15 is 0 Å². The standard InChI is InChI=1S/C25H18BrClN2O2/c26-22-11-5-4-10-20(22)25(30)29-28-15-21-19-9-3-1-7-17(19)13-14-24(21)31-16-18-8-2-6-12-23(18)27/h1-15H,16H2,(H,29,30)/b28-15-. The second kappa shape index (κ2) is 9.77. The number of carbonyl (C=O) groups excluding carboxylic acids is 1. The summed E-state index contributed by atoms with van der Waals surface area (Å²) in [5.41, 5.74) is 4.76. The first kappa shape index (κ1) is 21.1. The van der Waals surface area contributed by atoms with Crippen LogP contribution in [0.15, 0.2) is 94.5 Å². The minimum absolute atomic E-state index is 0.303. The van der Waals surface area contributed by atoms with Crippen molar-refractivity contribution in [3.8, 4) is 5.75 Å². The molecule has 0 bridgehead atoms. The first-order valence-electron chi connectivity index (χ1n) is 9.59. The van der Waals surface area contributed by atoms with Crippen LogP contribution >= 0.6 is 27.5 Å². The fourth-order valence-electron chi connectivity index (χ4n) is 3.17. The van der Waals surface area contributed by atoms with E-state index in [-0.39, 0.29) is 5.91 Å². The Kier molecular flexibility index (Phi) is 6.65. The molecule has 0 radical (unpaired) electrons. The molecule has 0 saturated heterocycles. The predicted molar refractivity (Wildman–Crippen MR) is 129 cm³/mol. The number of rotatable bonds is 6. The Morgan fingerprint density at radius 2 is 1.71 bits per heavy atom. The molecular weight excluding hydrogens is 476 g/mol. The largest absolute Gasteiger partial charge is 0.488 e. The highest BCUT2D eigenvalue weighted by atomic mass is 79.9. The molecule has 0 spiro atoms. The van der Waals surface area contributed by atoms with E-state index < -0.39 is 0 Å². The van der Waals surface area contributed by atoms with Crippen molar-refractivity contribution < 1.29 is 9.53 Å². The van der Waals surface area contributed by atoms with Gasteiger partial charge in [0.05, 0.1) is 11.8 Å². The number of fused-ring (bicyclic) bond motifs is 1. The molecule has 0 fully saturated rings. The smallest absolute Gasteiger partial charge is 0.272 e. The lowest BCUT2D eigenvalue weighted by molar-refractivity contribution is 0.0954. The van der Waals surface area contributed by atoms with Crippen LogP contribution in [0.4, 0.5) is 0 Å². The number of amides is 1. The summed E-state index contributed by atoms with van der Waals surface area (Å²) in [5.74, 6) is 0.347. The van der Waals surface area contributed by atoms with Crippen molar-refractivity contribution in [2.75, 3.05) is 0 Å². The number of hydrazone groups is 1. The highest BCUT2D eigenvalue weighted by Crippen LogP contribution is 2.28. The van der Waals surface area contributed by atoms with Crippen LogP contribution < -0.4 is 10.2 Å². The van der Waals surface area contributed by atoms with E-state index in [1.807, 2.05) is 72.8 Å². The number of hydrogen-bond donors (Lipinski definition) is 1. The first-order chi connectivity index (χ1) is 15.1. The van der Waals surface area contributed by atoms with Crippen molar-refractivity contribution in [1.82, 2.24) is 5.43 Å². The van der Waals surface area contributed by atoms with Crippen LogP contribution in [0.5, 0.6) is 5.75 Å².